The van der Waals surface area contributed by atoms with Crippen LogP contribution in [-0.2, 0) is 6.42 Å². The van der Waals surface area contributed by atoms with E-state index in [9.17, 15) is 0 Å². The Labute approximate surface area is 161 Å². The second kappa shape index (κ2) is 7.12. The quantitative estimate of drug-likeness (QED) is 0.858. The highest BCUT2D eigenvalue weighted by atomic mass is 15.3. The molecule has 5 heteroatoms. The summed E-state index contributed by atoms with van der Waals surface area (Å²) in [5.74, 6) is 2.67. The van der Waals surface area contributed by atoms with Gasteiger partial charge in [-0.15, -0.1) is 0 Å². The molecule has 0 spiro atoms. The predicted octanol–water partition coefficient (Wildman–Crippen LogP) is 3.11. The molecule has 3 aliphatic rings. The molecule has 3 N–H and O–H groups in total. The van der Waals surface area contributed by atoms with Crippen molar-refractivity contribution in [1.82, 2.24) is 15.3 Å². The van der Waals surface area contributed by atoms with Gasteiger partial charge in [0.2, 0.25) is 5.95 Å². The maximum Gasteiger partial charge on any atom is 0.222 e. The lowest BCUT2D eigenvalue weighted by Gasteiger charge is -2.46. The zero-order chi connectivity index (χ0) is 18.2. The van der Waals surface area contributed by atoms with Crippen LogP contribution in [0.15, 0.2) is 30.3 Å². The third-order valence-corrected chi connectivity index (χ3v) is 6.72. The molecular formula is C22H29N5. The Bertz CT molecular complexity index is 804. The SMILES string of the molecule is Nc1nc2c(c(N3CCC[C@H]4CCNC[C@@H]43)n1)CCCC2c1ccccc1. The van der Waals surface area contributed by atoms with Crippen LogP contribution in [0.25, 0.3) is 0 Å². The highest BCUT2D eigenvalue weighted by Gasteiger charge is 2.37. The van der Waals surface area contributed by atoms with E-state index in [1.54, 1.807) is 0 Å². The predicted molar refractivity (Wildman–Crippen MR) is 109 cm³/mol. The lowest BCUT2D eigenvalue weighted by atomic mass is 9.80. The average Bonchev–Trinajstić information content (AvgIpc) is 2.73. The fourth-order valence-corrected chi connectivity index (χ4v) is 5.45. The van der Waals surface area contributed by atoms with E-state index in [-0.39, 0.29) is 0 Å². The first kappa shape index (κ1) is 17.0. The molecule has 0 bridgehead atoms. The van der Waals surface area contributed by atoms with Crippen molar-refractivity contribution in [2.45, 2.75) is 50.5 Å². The van der Waals surface area contributed by atoms with Crippen LogP contribution in [0.3, 0.4) is 0 Å². The largest absolute Gasteiger partial charge is 0.368 e. The number of anilines is 2. The van der Waals surface area contributed by atoms with Gasteiger partial charge in [-0.25, -0.2) is 4.98 Å². The van der Waals surface area contributed by atoms with Crippen molar-refractivity contribution in [3.63, 3.8) is 0 Å². The smallest absolute Gasteiger partial charge is 0.222 e. The van der Waals surface area contributed by atoms with Crippen molar-refractivity contribution >= 4 is 11.8 Å². The zero-order valence-electron chi connectivity index (χ0n) is 15.9. The van der Waals surface area contributed by atoms with Crippen molar-refractivity contribution < 1.29 is 0 Å². The van der Waals surface area contributed by atoms with Crippen LogP contribution in [0.1, 0.15) is 54.8 Å². The normalized spacial score (nSPS) is 27.7. The lowest BCUT2D eigenvalue weighted by molar-refractivity contribution is 0.256. The molecule has 2 aliphatic heterocycles. The van der Waals surface area contributed by atoms with Crippen LogP contribution >= 0.6 is 0 Å². The lowest BCUT2D eigenvalue weighted by Crippen LogP contribution is -2.55. The first-order chi connectivity index (χ1) is 13.3. The van der Waals surface area contributed by atoms with Gasteiger partial charge in [-0.05, 0) is 56.6 Å². The molecule has 0 saturated carbocycles. The molecule has 2 saturated heterocycles. The molecule has 1 unspecified atom stereocenters. The maximum atomic E-state index is 6.23. The summed E-state index contributed by atoms with van der Waals surface area (Å²) >= 11 is 0. The van der Waals surface area contributed by atoms with Gasteiger partial charge in [0.05, 0.1) is 5.69 Å². The number of nitrogens with zero attached hydrogens (tertiary/aromatic N) is 3. The van der Waals surface area contributed by atoms with E-state index in [1.165, 1.54) is 42.5 Å². The zero-order valence-corrected chi connectivity index (χ0v) is 15.9. The molecule has 142 valence electrons. The van der Waals surface area contributed by atoms with Crippen LogP contribution in [-0.4, -0.2) is 35.6 Å². The summed E-state index contributed by atoms with van der Waals surface area (Å²) in [7, 11) is 0. The van der Waals surface area contributed by atoms with Crippen molar-refractivity contribution in [2.75, 3.05) is 30.3 Å². The highest BCUT2D eigenvalue weighted by molar-refractivity contribution is 5.56. The van der Waals surface area contributed by atoms with E-state index in [0.29, 0.717) is 17.9 Å². The summed E-state index contributed by atoms with van der Waals surface area (Å²) in [6, 6.07) is 11.3. The van der Waals surface area contributed by atoms with Gasteiger partial charge in [-0.2, -0.15) is 4.98 Å². The van der Waals surface area contributed by atoms with Crippen LogP contribution in [0.2, 0.25) is 0 Å². The molecule has 2 aromatic rings. The molecule has 5 nitrogen and oxygen atoms in total. The Morgan fingerprint density at radius 2 is 1.93 bits per heavy atom. The van der Waals surface area contributed by atoms with E-state index in [1.807, 2.05) is 0 Å². The van der Waals surface area contributed by atoms with Crippen LogP contribution in [0, 0.1) is 5.92 Å². The summed E-state index contributed by atoms with van der Waals surface area (Å²) in [5, 5.41) is 3.60. The van der Waals surface area contributed by atoms with Gasteiger partial charge in [0.15, 0.2) is 0 Å². The van der Waals surface area contributed by atoms with Crippen LogP contribution in [0.4, 0.5) is 11.8 Å². The van der Waals surface area contributed by atoms with Crippen LogP contribution in [0.5, 0.6) is 0 Å². The first-order valence-electron chi connectivity index (χ1n) is 10.5. The second-order valence-corrected chi connectivity index (χ2v) is 8.28. The van der Waals surface area contributed by atoms with Gasteiger partial charge < -0.3 is 16.0 Å². The Morgan fingerprint density at radius 1 is 1.04 bits per heavy atom. The van der Waals surface area contributed by atoms with E-state index in [2.05, 4.69) is 40.5 Å². The van der Waals surface area contributed by atoms with Gasteiger partial charge in [-0.1, -0.05) is 30.3 Å². The van der Waals surface area contributed by atoms with E-state index < -0.39 is 0 Å². The molecule has 27 heavy (non-hydrogen) atoms. The number of nitrogens with one attached hydrogen (secondary N) is 1. The number of hydrogen-bond acceptors (Lipinski definition) is 5. The maximum absolute atomic E-state index is 6.23. The standard InChI is InChI=1S/C22H29N5/c23-22-25-20-17(15-6-2-1-3-7-15)9-4-10-18(20)21(26-22)27-13-5-8-16-11-12-24-14-19(16)27/h1-3,6-7,16-17,19,24H,4-5,8-14H2,(H2,23,25,26)/t16-,17?,19-/m0/s1. The van der Waals surface area contributed by atoms with Crippen molar-refractivity contribution in [3.8, 4) is 0 Å². The van der Waals surface area contributed by atoms with Crippen molar-refractivity contribution in [3.05, 3.63) is 47.2 Å². The highest BCUT2D eigenvalue weighted by Crippen LogP contribution is 2.41. The van der Waals surface area contributed by atoms with Gasteiger partial charge in [-0.3, -0.25) is 0 Å². The molecule has 5 rings (SSSR count). The number of nitrogen functional groups attached to an aromatic ring is 1. The number of rotatable bonds is 2. The molecule has 1 aliphatic carbocycles. The van der Waals surface area contributed by atoms with Gasteiger partial charge >= 0.3 is 0 Å². The number of fused-ring (bicyclic) bond motifs is 2. The molecule has 3 heterocycles. The Hall–Kier alpha value is -2.14. The number of hydrogen-bond donors (Lipinski definition) is 2. The first-order valence-corrected chi connectivity index (χ1v) is 10.5. The minimum Gasteiger partial charge on any atom is -0.368 e. The number of benzene rings is 1. The second-order valence-electron chi connectivity index (χ2n) is 8.28. The Kier molecular flexibility index (Phi) is 4.48. The van der Waals surface area contributed by atoms with Crippen LogP contribution < -0.4 is 16.0 Å². The molecule has 1 aromatic heterocycles. The summed E-state index contributed by atoms with van der Waals surface area (Å²) in [5.41, 5.74) is 10.1. The Balaban J connectivity index is 1.57. The third kappa shape index (κ3) is 3.08. The van der Waals surface area contributed by atoms with Crippen molar-refractivity contribution in [1.29, 1.82) is 0 Å². The number of nitrogens with two attached hydrogens (primary N) is 1. The number of piperidine rings is 2. The summed E-state index contributed by atoms with van der Waals surface area (Å²) < 4.78 is 0. The third-order valence-electron chi connectivity index (χ3n) is 6.72. The van der Waals surface area contributed by atoms with E-state index in [0.717, 1.165) is 44.2 Å². The number of aromatic nitrogens is 2. The molecule has 1 aromatic carbocycles. The van der Waals surface area contributed by atoms with Crippen molar-refractivity contribution in [2.24, 2.45) is 5.92 Å². The molecule has 2 fully saturated rings. The molecular weight excluding hydrogens is 334 g/mol. The molecule has 0 radical (unpaired) electrons. The van der Waals surface area contributed by atoms with Gasteiger partial charge in [0.1, 0.15) is 5.82 Å². The minimum atomic E-state index is 0.337. The molecule has 0 amide bonds. The van der Waals surface area contributed by atoms with E-state index >= 15 is 0 Å². The summed E-state index contributed by atoms with van der Waals surface area (Å²) in [6.45, 7) is 3.29. The monoisotopic (exact) mass is 363 g/mol. The Morgan fingerprint density at radius 3 is 2.81 bits per heavy atom. The fourth-order valence-electron chi connectivity index (χ4n) is 5.45. The van der Waals surface area contributed by atoms with Gasteiger partial charge in [0, 0.05) is 30.6 Å². The molecule has 3 atom stereocenters. The minimum absolute atomic E-state index is 0.337. The fraction of sp³-hybridized carbons (Fsp3) is 0.545. The topological polar surface area (TPSA) is 67.1 Å². The average molecular weight is 364 g/mol. The van der Waals surface area contributed by atoms with E-state index in [4.69, 9.17) is 15.7 Å². The van der Waals surface area contributed by atoms with Gasteiger partial charge in [0.25, 0.3) is 0 Å². The summed E-state index contributed by atoms with van der Waals surface area (Å²) in [4.78, 5) is 12.1. The summed E-state index contributed by atoms with van der Waals surface area (Å²) in [6.07, 6.45) is 7.26.